The predicted octanol–water partition coefficient (Wildman–Crippen LogP) is 1.19. The average molecular weight is 116 g/mol. The third-order valence-electron chi connectivity index (χ3n) is 0.498. The van der Waals surface area contributed by atoms with Gasteiger partial charge in [0.2, 0.25) is 0 Å². The van der Waals surface area contributed by atoms with Crippen molar-refractivity contribution in [1.82, 2.24) is 0 Å². The molecule has 0 spiro atoms. The molecule has 0 aromatic carbocycles. The molecule has 0 aromatic heterocycles. The predicted molar refractivity (Wildman–Crippen MR) is 32.7 cm³/mol. The van der Waals surface area contributed by atoms with Crippen molar-refractivity contribution in [3.05, 3.63) is 0 Å². The van der Waals surface area contributed by atoms with Gasteiger partial charge in [0.1, 0.15) is 11.6 Å². The van der Waals surface area contributed by atoms with Crippen LogP contribution in [0.3, 0.4) is 0 Å². The first-order valence-electron chi connectivity index (χ1n) is 2.12. The van der Waals surface area contributed by atoms with Gasteiger partial charge in [-0.25, -0.2) is 0 Å². The van der Waals surface area contributed by atoms with Crippen LogP contribution in [0.2, 0.25) is 0 Å². The zero-order chi connectivity index (χ0) is 5.86. The fourth-order valence-electron chi connectivity index (χ4n) is 0.351. The summed E-state index contributed by atoms with van der Waals surface area (Å²) in [6.45, 7) is 2.81. The van der Waals surface area contributed by atoms with Crippen LogP contribution in [0.1, 0.15) is 27.7 Å². The van der Waals surface area contributed by atoms with E-state index in [1.165, 1.54) is 13.8 Å². The Kier molecular flexibility index (Phi) is 5.82. The Balaban J connectivity index is 0. The van der Waals surface area contributed by atoms with Crippen molar-refractivity contribution in [3.63, 3.8) is 0 Å². The standard InChI is InChI=1S/C5H8O2.CH4/c1-4(6)3-5(2)7;/h3H2,1-2H3;1H4. The fraction of sp³-hybridized carbons (Fsp3) is 0.667. The molecule has 2 nitrogen and oxygen atoms in total. The van der Waals surface area contributed by atoms with Crippen LogP contribution in [0.15, 0.2) is 0 Å². The maximum atomic E-state index is 10.0. The second-order valence-electron chi connectivity index (χ2n) is 1.58. The number of rotatable bonds is 2. The zero-order valence-electron chi connectivity index (χ0n) is 4.52. The van der Waals surface area contributed by atoms with E-state index in [9.17, 15) is 9.59 Å². The van der Waals surface area contributed by atoms with Crippen LogP contribution in [0.25, 0.3) is 0 Å². The summed E-state index contributed by atoms with van der Waals surface area (Å²) in [6, 6.07) is 0. The molecule has 0 radical (unpaired) electrons. The Morgan fingerprint density at radius 2 is 1.38 bits per heavy atom. The minimum atomic E-state index is -0.0625. The van der Waals surface area contributed by atoms with Crippen molar-refractivity contribution in [3.8, 4) is 0 Å². The molecule has 8 heavy (non-hydrogen) atoms. The molecule has 0 aliphatic heterocycles. The van der Waals surface area contributed by atoms with Crippen LogP contribution < -0.4 is 0 Å². The van der Waals surface area contributed by atoms with E-state index in [-0.39, 0.29) is 25.4 Å². The topological polar surface area (TPSA) is 34.1 Å². The van der Waals surface area contributed by atoms with Gasteiger partial charge in [-0.1, -0.05) is 7.43 Å². The summed E-state index contributed by atoms with van der Waals surface area (Å²) < 4.78 is 0. The molecular formula is C6H12O2. The van der Waals surface area contributed by atoms with Gasteiger partial charge < -0.3 is 0 Å². The first-order chi connectivity index (χ1) is 3.13. The maximum absolute atomic E-state index is 10.0. The Bertz CT molecular complexity index is 82.7. The fourth-order valence-corrected chi connectivity index (χ4v) is 0.351. The van der Waals surface area contributed by atoms with Crippen LogP contribution in [0, 0.1) is 0 Å². The van der Waals surface area contributed by atoms with E-state index in [1.54, 1.807) is 0 Å². The Hall–Kier alpha value is -0.660. The number of hydrogen-bond acceptors (Lipinski definition) is 2. The Labute approximate surface area is 49.9 Å². The van der Waals surface area contributed by atoms with Crippen molar-refractivity contribution in [2.24, 2.45) is 0 Å². The van der Waals surface area contributed by atoms with Crippen molar-refractivity contribution in [2.75, 3.05) is 0 Å². The van der Waals surface area contributed by atoms with E-state index in [2.05, 4.69) is 0 Å². The second kappa shape index (κ2) is 4.50. The number of hydrogen-bond donors (Lipinski definition) is 0. The first-order valence-corrected chi connectivity index (χ1v) is 2.12. The van der Waals surface area contributed by atoms with Crippen LogP contribution >= 0.6 is 0 Å². The molecular weight excluding hydrogens is 104 g/mol. The summed E-state index contributed by atoms with van der Waals surface area (Å²) >= 11 is 0. The van der Waals surface area contributed by atoms with E-state index in [0.29, 0.717) is 0 Å². The molecule has 0 aliphatic carbocycles. The summed E-state index contributed by atoms with van der Waals surface area (Å²) in [5, 5.41) is 0. The lowest BCUT2D eigenvalue weighted by Crippen LogP contribution is -1.97. The Morgan fingerprint density at radius 1 is 1.12 bits per heavy atom. The molecule has 0 aliphatic rings. The molecule has 0 atom stereocenters. The Morgan fingerprint density at radius 3 is 1.38 bits per heavy atom. The normalized spacial score (nSPS) is 7.25. The summed E-state index contributed by atoms with van der Waals surface area (Å²) in [6.07, 6.45) is 0.0833. The highest BCUT2D eigenvalue weighted by Crippen LogP contribution is 1.80. The number of Topliss-reactive ketones (excluding diaryl/α,β-unsaturated/α-hetero) is 2. The molecule has 0 amide bonds. The number of ketones is 2. The quantitative estimate of drug-likeness (QED) is 0.508. The summed E-state index contributed by atoms with van der Waals surface area (Å²) in [5.74, 6) is -0.125. The van der Waals surface area contributed by atoms with E-state index in [1.807, 2.05) is 0 Å². The lowest BCUT2D eigenvalue weighted by Gasteiger charge is -1.81. The highest BCUT2D eigenvalue weighted by molar-refractivity contribution is 5.96. The third kappa shape index (κ3) is 9.02. The van der Waals surface area contributed by atoms with Gasteiger partial charge in [0, 0.05) is 0 Å². The van der Waals surface area contributed by atoms with Crippen LogP contribution in [-0.2, 0) is 9.59 Å². The highest BCUT2D eigenvalue weighted by atomic mass is 16.1. The molecule has 0 heterocycles. The van der Waals surface area contributed by atoms with Crippen LogP contribution in [-0.4, -0.2) is 11.6 Å². The number of carbonyl (C=O) groups excluding carboxylic acids is 2. The van der Waals surface area contributed by atoms with E-state index in [0.717, 1.165) is 0 Å². The van der Waals surface area contributed by atoms with Gasteiger partial charge in [-0.05, 0) is 13.8 Å². The molecule has 0 saturated heterocycles. The van der Waals surface area contributed by atoms with E-state index in [4.69, 9.17) is 0 Å². The van der Waals surface area contributed by atoms with Crippen molar-refractivity contribution in [2.45, 2.75) is 27.7 Å². The van der Waals surface area contributed by atoms with Gasteiger partial charge >= 0.3 is 0 Å². The molecule has 0 fully saturated rings. The highest BCUT2D eigenvalue weighted by Gasteiger charge is 1.94. The minimum absolute atomic E-state index is 0. The number of carbonyl (C=O) groups is 2. The second-order valence-corrected chi connectivity index (χ2v) is 1.58. The summed E-state index contributed by atoms with van der Waals surface area (Å²) in [7, 11) is 0. The zero-order valence-corrected chi connectivity index (χ0v) is 4.52. The van der Waals surface area contributed by atoms with Crippen LogP contribution in [0.4, 0.5) is 0 Å². The van der Waals surface area contributed by atoms with Crippen LogP contribution in [0.5, 0.6) is 0 Å². The van der Waals surface area contributed by atoms with Gasteiger partial charge in [-0.3, -0.25) is 9.59 Å². The molecule has 0 saturated carbocycles. The van der Waals surface area contributed by atoms with Gasteiger partial charge in [0.25, 0.3) is 0 Å². The smallest absolute Gasteiger partial charge is 0.137 e. The monoisotopic (exact) mass is 116 g/mol. The molecule has 0 N–H and O–H groups in total. The third-order valence-corrected chi connectivity index (χ3v) is 0.498. The molecule has 0 rings (SSSR count). The van der Waals surface area contributed by atoms with Gasteiger partial charge in [0.05, 0.1) is 6.42 Å². The average Bonchev–Trinajstić information content (AvgIpc) is 1.27. The van der Waals surface area contributed by atoms with E-state index < -0.39 is 0 Å². The summed E-state index contributed by atoms with van der Waals surface area (Å²) in [4.78, 5) is 20.1. The molecule has 48 valence electrons. The van der Waals surface area contributed by atoms with Crippen molar-refractivity contribution in [1.29, 1.82) is 0 Å². The minimum Gasteiger partial charge on any atom is -0.300 e. The summed E-state index contributed by atoms with van der Waals surface area (Å²) in [5.41, 5.74) is 0. The lowest BCUT2D eigenvalue weighted by molar-refractivity contribution is -0.124. The molecule has 0 bridgehead atoms. The van der Waals surface area contributed by atoms with Gasteiger partial charge in [-0.15, -0.1) is 0 Å². The lowest BCUT2D eigenvalue weighted by atomic mass is 10.2. The largest absolute Gasteiger partial charge is 0.300 e. The van der Waals surface area contributed by atoms with Gasteiger partial charge in [-0.2, -0.15) is 0 Å². The van der Waals surface area contributed by atoms with E-state index >= 15 is 0 Å². The molecule has 2 heteroatoms. The van der Waals surface area contributed by atoms with Crippen molar-refractivity contribution < 1.29 is 9.59 Å². The van der Waals surface area contributed by atoms with Crippen molar-refractivity contribution >= 4 is 11.6 Å². The first kappa shape index (κ1) is 10.3. The maximum Gasteiger partial charge on any atom is 0.137 e. The van der Waals surface area contributed by atoms with Gasteiger partial charge in [0.15, 0.2) is 0 Å². The SMILES string of the molecule is C.CC(=O)CC(C)=O. The molecule has 0 aromatic rings. The molecule has 0 unspecified atom stereocenters.